The minimum atomic E-state index is -4.87. The summed E-state index contributed by atoms with van der Waals surface area (Å²) in [4.78, 5) is 55.3. The summed E-state index contributed by atoms with van der Waals surface area (Å²) in [7, 11) is -13.6. The number of nitrogens with zero attached hydrogens (tertiary/aromatic N) is 10. The van der Waals surface area contributed by atoms with Gasteiger partial charge in [0.25, 0.3) is 11.8 Å². The first kappa shape index (κ1) is 73.7. The molecule has 9 aromatic rings. The Morgan fingerprint density at radius 2 is 0.960 bits per heavy atom. The molecule has 0 radical (unpaired) electrons. The first-order chi connectivity index (χ1) is 48.3. The number of carbonyl (C=O) groups is 2. The van der Waals surface area contributed by atoms with Gasteiger partial charge in [-0.1, -0.05) is 169 Å². The predicted octanol–water partition coefficient (Wildman–Crippen LogP) is 13.3. The van der Waals surface area contributed by atoms with Crippen LogP contribution in [0.1, 0.15) is 104 Å². The molecule has 26 nitrogen and oxygen atoms in total. The highest BCUT2D eigenvalue weighted by molar-refractivity contribution is 7.51. The number of anilines is 2. The largest absolute Gasteiger partial charge is 0.697 e. The quantitative estimate of drug-likeness (QED) is 0.0146. The highest BCUT2D eigenvalue weighted by Gasteiger charge is 2.57. The Hall–Kier alpha value is -8.52. The zero-order valence-corrected chi connectivity index (χ0v) is 61.7. The maximum Gasteiger partial charge on any atom is 0.697 e. The molecule has 5 aromatic carbocycles. The molecule has 6 heterocycles. The van der Waals surface area contributed by atoms with Crippen LogP contribution in [0, 0.1) is 22.7 Å². The Labute approximate surface area is 589 Å². The van der Waals surface area contributed by atoms with E-state index in [1.807, 2.05) is 79.8 Å². The van der Waals surface area contributed by atoms with Gasteiger partial charge in [-0.2, -0.15) is 10.5 Å². The van der Waals surface area contributed by atoms with Crippen molar-refractivity contribution in [2.24, 2.45) is 0 Å². The average molecular weight is 1440 g/mol. The maximum absolute atomic E-state index is 16.7. The van der Waals surface area contributed by atoms with Gasteiger partial charge in [-0.05, 0) is 77.2 Å². The van der Waals surface area contributed by atoms with E-state index in [2.05, 4.69) is 133 Å². The second-order valence-electron chi connectivity index (χ2n) is 27.5. The summed E-state index contributed by atoms with van der Waals surface area (Å²) in [5.74, 6) is -0.598. The second kappa shape index (κ2) is 31.4. The number of imidazole rings is 2. The molecule has 4 aromatic heterocycles. The third-order valence-electron chi connectivity index (χ3n) is 18.9. The zero-order valence-electron chi connectivity index (χ0n) is 57.9. The molecule has 2 fully saturated rings. The fraction of sp³-hybridized carbons (Fsp3) is 0.380. The normalized spacial score (nSPS) is 20.5. The number of fused-ring (bicyclic) bond motifs is 2. The number of nitriles is 2. The molecule has 11 rings (SSSR count). The van der Waals surface area contributed by atoms with E-state index in [-0.39, 0.29) is 59.4 Å². The molecule has 2 aliphatic rings. The van der Waals surface area contributed by atoms with Crippen LogP contribution in [0.5, 0.6) is 0 Å². The summed E-state index contributed by atoms with van der Waals surface area (Å²) in [6.07, 6.45) is -1.38. The Balaban J connectivity index is 1.05. The molecular formula is C71H83N14O12P2Si2+. The predicted molar refractivity (Wildman–Crippen MR) is 384 cm³/mol. The zero-order chi connectivity index (χ0) is 71.7. The van der Waals surface area contributed by atoms with Crippen LogP contribution in [0.4, 0.5) is 11.6 Å². The summed E-state index contributed by atoms with van der Waals surface area (Å²) in [5.41, 5.74) is 3.15. The van der Waals surface area contributed by atoms with Crippen LogP contribution in [0.25, 0.3) is 22.3 Å². The van der Waals surface area contributed by atoms with E-state index in [9.17, 15) is 24.7 Å². The average Bonchev–Trinajstić information content (AvgIpc) is 1.72. The minimum Gasteiger partial charge on any atom is -0.408 e. The van der Waals surface area contributed by atoms with Gasteiger partial charge in [0.15, 0.2) is 63.1 Å². The number of benzene rings is 5. The molecule has 4 N–H and O–H groups in total. The lowest BCUT2D eigenvalue weighted by Crippen LogP contribution is -2.59. The van der Waals surface area contributed by atoms with Gasteiger partial charge >= 0.3 is 16.0 Å². The van der Waals surface area contributed by atoms with Crippen LogP contribution in [0.3, 0.4) is 0 Å². The number of ether oxygens (including phenoxy) is 2. The lowest BCUT2D eigenvalue weighted by molar-refractivity contribution is -0.0457. The SMILES string of the molecule is CC(C)(C)[Si](C)(C)O[C@@H]1[C@H](NC(c2ccccc2)(c2ccccc2)c2ccccc2)[C@@H](COP(=O)(N[C@H]2[C@@H](O[Si](C)(C)C(C)(C)C)[C@H](n3cnc4c(NC(=O)c5ccccc5)ncnc43)O[C@@H]2CO[P+](=O)OCCC#N)OCCC#N)O[C@H]1n1cnc2c(NC(=O)c3ccccc3)ncnc21. The molecule has 526 valence electrons. The van der Waals surface area contributed by atoms with Gasteiger partial charge in [0.2, 0.25) is 0 Å². The smallest absolute Gasteiger partial charge is 0.408 e. The molecule has 0 spiro atoms. The second-order valence-corrected chi connectivity index (χ2v) is 39.8. The summed E-state index contributed by atoms with van der Waals surface area (Å²) < 4.78 is 88.0. The lowest BCUT2D eigenvalue weighted by atomic mass is 9.76. The van der Waals surface area contributed by atoms with Crippen LogP contribution >= 0.6 is 16.0 Å². The molecule has 0 saturated carbocycles. The molecule has 101 heavy (non-hydrogen) atoms. The Kier molecular flexibility index (Phi) is 22.9. The highest BCUT2D eigenvalue weighted by atomic mass is 31.2. The van der Waals surface area contributed by atoms with E-state index < -0.39 is 117 Å². The van der Waals surface area contributed by atoms with Crippen LogP contribution < -0.4 is 21.0 Å². The minimum absolute atomic E-state index is 0.0667. The van der Waals surface area contributed by atoms with Crippen LogP contribution in [0.2, 0.25) is 36.3 Å². The van der Waals surface area contributed by atoms with Crippen molar-refractivity contribution >= 4 is 78.4 Å². The van der Waals surface area contributed by atoms with E-state index in [0.717, 1.165) is 16.7 Å². The van der Waals surface area contributed by atoms with Gasteiger partial charge in [-0.3, -0.25) is 33.1 Å². The van der Waals surface area contributed by atoms with Gasteiger partial charge in [0.05, 0.1) is 68.5 Å². The third-order valence-corrected chi connectivity index (χ3v) is 30.3. The third kappa shape index (κ3) is 16.4. The standard InChI is InChI=1S/C71H82N14O12P2Si2/c1-69(2,3)100(7,8)96-59-55(82-71(50-32-20-13-21-33-50,51-34-22-14-23-35-51)52-36-24-15-25-37-52)54(95-67(59)84-46-78-57-61(74-44-76-63(57)84)80-65(86)48-28-16-11-17-29-48)43-93-99(89,92-41-27-39-73)83-56-53(42-91-98(88)90-40-26-38-72)94-68(60(56)97-101(9,10)70(4,5)6)85-47-79-58-62(75-45-77-64(58)85)81-66(87)49-30-18-12-19-31-49/h11-25,28-37,44-47,53-56,59-60,67-68,82H,26-27,40-43H2,1-10H3,(H2-,74,75,76,77,80,81,83,86,87,89)/p+1/t53-,54-,55-,56-,59-,60-,67-,68-,99?/m1/s1. The monoisotopic (exact) mass is 1440 g/mol. The molecule has 2 unspecified atom stereocenters. The number of rotatable bonds is 29. The first-order valence-electron chi connectivity index (χ1n) is 33.2. The number of hydrogen-bond donors (Lipinski definition) is 4. The van der Waals surface area contributed by atoms with Crippen molar-refractivity contribution in [2.45, 2.75) is 145 Å². The van der Waals surface area contributed by atoms with E-state index in [1.54, 1.807) is 70.1 Å². The Morgan fingerprint density at radius 3 is 1.39 bits per heavy atom. The Bertz CT molecular complexity index is 4390. The van der Waals surface area contributed by atoms with Gasteiger partial charge in [-0.15, -0.1) is 9.05 Å². The van der Waals surface area contributed by atoms with Crippen LogP contribution in [-0.2, 0) is 51.1 Å². The van der Waals surface area contributed by atoms with Gasteiger partial charge in [0, 0.05) is 15.7 Å². The maximum atomic E-state index is 16.7. The van der Waals surface area contributed by atoms with Crippen molar-refractivity contribution < 1.29 is 55.1 Å². The first-order valence-corrected chi connectivity index (χ1v) is 41.6. The van der Waals surface area contributed by atoms with E-state index in [0.29, 0.717) is 16.8 Å². The van der Waals surface area contributed by atoms with Crippen molar-refractivity contribution in [2.75, 3.05) is 37.1 Å². The van der Waals surface area contributed by atoms with Crippen LogP contribution in [-0.4, -0.2) is 130 Å². The van der Waals surface area contributed by atoms with E-state index in [4.69, 9.17) is 51.4 Å². The van der Waals surface area contributed by atoms with Gasteiger partial charge in [-0.25, -0.2) is 39.6 Å². The Morgan fingerprint density at radius 1 is 0.554 bits per heavy atom. The lowest BCUT2D eigenvalue weighted by Gasteiger charge is -2.44. The van der Waals surface area contributed by atoms with Crippen molar-refractivity contribution in [3.8, 4) is 12.1 Å². The molecular weight excluding hydrogens is 1360 g/mol. The number of amides is 2. The van der Waals surface area contributed by atoms with Gasteiger partial charge < -0.3 is 29.0 Å². The fourth-order valence-electron chi connectivity index (χ4n) is 11.7. The van der Waals surface area contributed by atoms with Crippen molar-refractivity contribution in [1.82, 2.24) is 49.4 Å². The van der Waals surface area contributed by atoms with Crippen LogP contribution in [0.15, 0.2) is 177 Å². The molecule has 30 heteroatoms. The molecule has 2 saturated heterocycles. The molecule has 10 atom stereocenters. The van der Waals surface area contributed by atoms with E-state index in [1.165, 1.54) is 19.0 Å². The fourth-order valence-corrected chi connectivity index (χ4v) is 16.5. The number of aromatic nitrogens is 8. The van der Waals surface area contributed by atoms with Crippen molar-refractivity contribution in [3.63, 3.8) is 0 Å². The highest BCUT2D eigenvalue weighted by Crippen LogP contribution is 2.52. The van der Waals surface area contributed by atoms with E-state index >= 15 is 4.57 Å². The van der Waals surface area contributed by atoms with Gasteiger partial charge in [0.1, 0.15) is 50.3 Å². The van der Waals surface area contributed by atoms with Crippen molar-refractivity contribution in [1.29, 1.82) is 10.5 Å². The van der Waals surface area contributed by atoms with Crippen molar-refractivity contribution in [3.05, 3.63) is 205 Å². The number of carbonyl (C=O) groups excluding carboxylic acids is 2. The summed E-state index contributed by atoms with van der Waals surface area (Å²) >= 11 is 0. The summed E-state index contributed by atoms with van der Waals surface area (Å²) in [6, 6.07) is 49.3. The molecule has 2 aliphatic heterocycles. The summed E-state index contributed by atoms with van der Waals surface area (Å²) in [6.45, 7) is 19.4. The molecule has 0 aliphatic carbocycles. The number of nitrogens with one attached hydrogen (secondary N) is 4. The molecule has 0 bridgehead atoms. The topological polar surface area (TPSA) is 325 Å². The number of hydrogen-bond acceptors (Lipinski definition) is 21. The summed E-state index contributed by atoms with van der Waals surface area (Å²) in [5, 5.41) is 31.8. The molecule has 2 amide bonds.